The fourth-order valence-electron chi connectivity index (χ4n) is 3.20. The maximum atomic E-state index is 9.60. The molecule has 0 aliphatic carbocycles. The summed E-state index contributed by atoms with van der Waals surface area (Å²) in [5.41, 5.74) is 4.50. The molecule has 3 aliphatic heterocycles. The summed E-state index contributed by atoms with van der Waals surface area (Å²) < 4.78 is 0. The van der Waals surface area contributed by atoms with Crippen molar-refractivity contribution in [2.75, 3.05) is 18.0 Å². The van der Waals surface area contributed by atoms with E-state index in [-0.39, 0.29) is 0 Å². The van der Waals surface area contributed by atoms with Crippen molar-refractivity contribution in [1.29, 1.82) is 0 Å². The normalized spacial score (nSPS) is 18.1. The van der Waals surface area contributed by atoms with Gasteiger partial charge in [0.2, 0.25) is 0 Å². The third-order valence-corrected chi connectivity index (χ3v) is 4.11. The van der Waals surface area contributed by atoms with Crippen LogP contribution in [0.1, 0.15) is 24.5 Å². The first-order valence-corrected chi connectivity index (χ1v) is 6.45. The van der Waals surface area contributed by atoms with Crippen LogP contribution in [0.4, 0.5) is 5.69 Å². The molecule has 0 saturated carbocycles. The quantitative estimate of drug-likeness (QED) is 0.806. The lowest BCUT2D eigenvalue weighted by Gasteiger charge is -2.40. The molecule has 1 fully saturated rings. The summed E-state index contributed by atoms with van der Waals surface area (Å²) in [6.45, 7) is 2.26. The number of nitrogens with one attached hydrogen (secondary N) is 1. The summed E-state index contributed by atoms with van der Waals surface area (Å²) in [4.78, 5) is 2.41. The first-order chi connectivity index (χ1) is 8.83. The van der Waals surface area contributed by atoms with E-state index in [1.165, 1.54) is 24.2 Å². The third kappa shape index (κ3) is 1.29. The van der Waals surface area contributed by atoms with Gasteiger partial charge >= 0.3 is 0 Å². The van der Waals surface area contributed by atoms with E-state index in [9.17, 15) is 5.11 Å². The molecule has 1 aromatic heterocycles. The molecule has 4 heterocycles. The standard InChI is InChI=1S/C14H15N3O/c18-11-3-1-2-10(8-11)13-14-12(15-16-13)9-4-6-17(14)7-5-9/h1-3,8-9,18H,4-7H2,(H,15,16). The van der Waals surface area contributed by atoms with Crippen molar-refractivity contribution < 1.29 is 5.11 Å². The van der Waals surface area contributed by atoms with Gasteiger partial charge in [-0.1, -0.05) is 12.1 Å². The highest BCUT2D eigenvalue weighted by Crippen LogP contribution is 2.45. The van der Waals surface area contributed by atoms with Crippen molar-refractivity contribution in [2.45, 2.75) is 18.8 Å². The van der Waals surface area contributed by atoms with E-state index in [1.807, 2.05) is 12.1 Å². The van der Waals surface area contributed by atoms with E-state index in [0.717, 1.165) is 24.3 Å². The number of anilines is 1. The Morgan fingerprint density at radius 3 is 2.89 bits per heavy atom. The first kappa shape index (κ1) is 10.00. The largest absolute Gasteiger partial charge is 0.508 e. The van der Waals surface area contributed by atoms with Gasteiger partial charge in [-0.25, -0.2) is 0 Å². The van der Waals surface area contributed by atoms with Crippen LogP contribution in [0.15, 0.2) is 24.3 Å². The summed E-state index contributed by atoms with van der Waals surface area (Å²) in [6, 6.07) is 7.33. The number of nitrogens with zero attached hydrogens (tertiary/aromatic N) is 2. The maximum absolute atomic E-state index is 9.60. The van der Waals surface area contributed by atoms with Crippen molar-refractivity contribution in [3.63, 3.8) is 0 Å². The molecular formula is C14H15N3O. The lowest BCUT2D eigenvalue weighted by molar-refractivity contribution is 0.466. The zero-order valence-electron chi connectivity index (χ0n) is 10.1. The average molecular weight is 241 g/mol. The average Bonchev–Trinajstić information content (AvgIpc) is 2.87. The zero-order valence-corrected chi connectivity index (χ0v) is 10.1. The fourth-order valence-corrected chi connectivity index (χ4v) is 3.20. The summed E-state index contributed by atoms with van der Waals surface area (Å²) in [6.07, 6.45) is 2.46. The van der Waals surface area contributed by atoms with E-state index >= 15 is 0 Å². The van der Waals surface area contributed by atoms with E-state index in [1.54, 1.807) is 12.1 Å². The van der Waals surface area contributed by atoms with Crippen LogP contribution < -0.4 is 4.90 Å². The van der Waals surface area contributed by atoms with Gasteiger partial charge in [-0.3, -0.25) is 5.10 Å². The molecule has 4 nitrogen and oxygen atoms in total. The van der Waals surface area contributed by atoms with Crippen molar-refractivity contribution in [3.05, 3.63) is 30.0 Å². The number of phenols is 1. The molecule has 0 unspecified atom stereocenters. The van der Waals surface area contributed by atoms with Gasteiger partial charge in [0.1, 0.15) is 11.4 Å². The summed E-state index contributed by atoms with van der Waals surface area (Å²) >= 11 is 0. The van der Waals surface area contributed by atoms with Crippen LogP contribution >= 0.6 is 0 Å². The fraction of sp³-hybridized carbons (Fsp3) is 0.357. The monoisotopic (exact) mass is 241 g/mol. The Morgan fingerprint density at radius 2 is 2.11 bits per heavy atom. The van der Waals surface area contributed by atoms with Crippen LogP contribution in [0.2, 0.25) is 0 Å². The van der Waals surface area contributed by atoms with Gasteiger partial charge in [-0.2, -0.15) is 5.10 Å². The Balaban J connectivity index is 1.89. The molecule has 1 saturated heterocycles. The zero-order chi connectivity index (χ0) is 12.1. The molecule has 3 aliphatic rings. The van der Waals surface area contributed by atoms with Crippen LogP contribution in [0.25, 0.3) is 11.3 Å². The second-order valence-electron chi connectivity index (χ2n) is 5.15. The molecule has 92 valence electrons. The molecule has 0 amide bonds. The number of H-pyrrole nitrogens is 1. The minimum atomic E-state index is 0.292. The highest BCUT2D eigenvalue weighted by molar-refractivity contribution is 5.79. The number of rotatable bonds is 1. The number of benzene rings is 1. The molecule has 0 spiro atoms. The van der Waals surface area contributed by atoms with Gasteiger partial charge in [0.15, 0.2) is 0 Å². The van der Waals surface area contributed by atoms with E-state index in [4.69, 9.17) is 0 Å². The summed E-state index contributed by atoms with van der Waals surface area (Å²) in [5, 5.41) is 17.3. The summed E-state index contributed by atoms with van der Waals surface area (Å²) in [5.74, 6) is 0.934. The Kier molecular flexibility index (Phi) is 1.95. The van der Waals surface area contributed by atoms with Gasteiger partial charge in [-0.05, 0) is 25.0 Å². The molecule has 2 aromatic rings. The van der Waals surface area contributed by atoms with Crippen LogP contribution in [0.5, 0.6) is 5.75 Å². The number of aromatic amines is 1. The number of aromatic hydroxyl groups is 1. The number of piperidine rings is 1. The van der Waals surface area contributed by atoms with Crippen molar-refractivity contribution >= 4 is 5.69 Å². The highest BCUT2D eigenvalue weighted by atomic mass is 16.3. The maximum Gasteiger partial charge on any atom is 0.116 e. The molecule has 4 heteroatoms. The topological polar surface area (TPSA) is 52.2 Å². The highest BCUT2D eigenvalue weighted by Gasteiger charge is 2.35. The van der Waals surface area contributed by atoms with Crippen LogP contribution in [0, 0.1) is 0 Å². The lowest BCUT2D eigenvalue weighted by Crippen LogP contribution is -2.38. The molecule has 2 bridgehead atoms. The molecule has 18 heavy (non-hydrogen) atoms. The van der Waals surface area contributed by atoms with Crippen LogP contribution in [0.3, 0.4) is 0 Å². The predicted molar refractivity (Wildman–Crippen MR) is 69.9 cm³/mol. The predicted octanol–water partition coefficient (Wildman–Crippen LogP) is 2.48. The summed E-state index contributed by atoms with van der Waals surface area (Å²) in [7, 11) is 0. The number of hydrogen-bond acceptors (Lipinski definition) is 3. The first-order valence-electron chi connectivity index (χ1n) is 6.45. The Morgan fingerprint density at radius 1 is 1.28 bits per heavy atom. The van der Waals surface area contributed by atoms with Gasteiger partial charge in [-0.15, -0.1) is 0 Å². The van der Waals surface area contributed by atoms with Gasteiger partial charge in [0.25, 0.3) is 0 Å². The molecule has 0 radical (unpaired) electrons. The Bertz CT molecular complexity index is 597. The van der Waals surface area contributed by atoms with E-state index < -0.39 is 0 Å². The van der Waals surface area contributed by atoms with E-state index in [0.29, 0.717) is 11.7 Å². The lowest BCUT2D eigenvalue weighted by atomic mass is 9.86. The van der Waals surface area contributed by atoms with E-state index in [2.05, 4.69) is 15.1 Å². The molecular weight excluding hydrogens is 226 g/mol. The number of phenolic OH excluding ortho intramolecular Hbond substituents is 1. The Labute approximate surface area is 105 Å². The van der Waals surface area contributed by atoms with Crippen molar-refractivity contribution in [2.24, 2.45) is 0 Å². The van der Waals surface area contributed by atoms with Crippen molar-refractivity contribution in [3.8, 4) is 17.0 Å². The third-order valence-electron chi connectivity index (χ3n) is 4.11. The van der Waals surface area contributed by atoms with Gasteiger partial charge in [0, 0.05) is 24.6 Å². The van der Waals surface area contributed by atoms with Crippen LogP contribution in [-0.2, 0) is 0 Å². The minimum Gasteiger partial charge on any atom is -0.508 e. The SMILES string of the molecule is Oc1cccc(-c2n[nH]c3c2N2CCC3CC2)c1. The molecule has 1 aromatic carbocycles. The van der Waals surface area contributed by atoms with Gasteiger partial charge in [0.05, 0.1) is 11.4 Å². The number of fused-ring (bicyclic) bond motifs is 2. The molecule has 2 N–H and O–H groups in total. The number of aromatic nitrogens is 2. The Hall–Kier alpha value is -1.97. The minimum absolute atomic E-state index is 0.292. The second kappa shape index (κ2) is 3.51. The van der Waals surface area contributed by atoms with Gasteiger partial charge < -0.3 is 10.0 Å². The molecule has 0 atom stereocenters. The van der Waals surface area contributed by atoms with Crippen LogP contribution in [-0.4, -0.2) is 28.4 Å². The smallest absolute Gasteiger partial charge is 0.116 e. The number of hydrogen-bond donors (Lipinski definition) is 2. The second-order valence-corrected chi connectivity index (χ2v) is 5.15. The van der Waals surface area contributed by atoms with Crippen molar-refractivity contribution in [1.82, 2.24) is 10.2 Å². The molecule has 5 rings (SSSR count).